The number of carbonyl (C=O) groups excluding carboxylic acids is 1. The summed E-state index contributed by atoms with van der Waals surface area (Å²) in [5.41, 5.74) is 0.534. The van der Waals surface area contributed by atoms with Gasteiger partial charge in [0.15, 0.2) is 0 Å². The maximum Gasteiger partial charge on any atom is 0.573 e. The Balaban J connectivity index is 2.15. The lowest BCUT2D eigenvalue weighted by Gasteiger charge is -2.12. The molecule has 24 heavy (non-hydrogen) atoms. The van der Waals surface area contributed by atoms with Crippen LogP contribution in [0, 0.1) is 0 Å². The van der Waals surface area contributed by atoms with E-state index in [1.54, 1.807) is 18.2 Å². The van der Waals surface area contributed by atoms with Crippen molar-refractivity contribution in [1.82, 2.24) is 0 Å². The maximum atomic E-state index is 12.2. The second-order valence-corrected chi connectivity index (χ2v) is 4.59. The fraction of sp³-hybridized carbons (Fsp3) is 0.188. The molecule has 5 nitrogen and oxygen atoms in total. The van der Waals surface area contributed by atoms with Crippen LogP contribution in [0.4, 0.5) is 18.9 Å². The van der Waals surface area contributed by atoms with Crippen molar-refractivity contribution in [2.24, 2.45) is 0 Å². The van der Waals surface area contributed by atoms with E-state index >= 15 is 0 Å². The first-order chi connectivity index (χ1) is 11.3. The van der Waals surface area contributed by atoms with Crippen molar-refractivity contribution in [2.75, 3.05) is 19.5 Å². The van der Waals surface area contributed by atoms with E-state index in [0.717, 1.165) is 12.1 Å². The highest BCUT2D eigenvalue weighted by Gasteiger charge is 2.31. The minimum Gasteiger partial charge on any atom is -0.497 e. The first kappa shape index (κ1) is 17.5. The molecule has 0 aromatic heterocycles. The van der Waals surface area contributed by atoms with Crippen LogP contribution in [-0.2, 0) is 0 Å². The number of methoxy groups -OCH3 is 2. The summed E-state index contributed by atoms with van der Waals surface area (Å²) in [4.78, 5) is 12.2. The zero-order chi connectivity index (χ0) is 17.7. The number of ether oxygens (including phenoxy) is 3. The summed E-state index contributed by atoms with van der Waals surface area (Å²) in [7, 11) is 2.92. The van der Waals surface area contributed by atoms with Crippen LogP contribution in [-0.4, -0.2) is 26.5 Å². The van der Waals surface area contributed by atoms with Gasteiger partial charge in [-0.3, -0.25) is 4.79 Å². The molecule has 0 unspecified atom stereocenters. The number of anilines is 1. The highest BCUT2D eigenvalue weighted by atomic mass is 19.4. The Morgan fingerprint density at radius 1 is 0.958 bits per heavy atom. The summed E-state index contributed by atoms with van der Waals surface area (Å²) in [6.07, 6.45) is -4.78. The van der Waals surface area contributed by atoms with Crippen LogP contribution < -0.4 is 19.5 Å². The Morgan fingerprint density at radius 2 is 1.58 bits per heavy atom. The van der Waals surface area contributed by atoms with Gasteiger partial charge in [-0.15, -0.1) is 13.2 Å². The van der Waals surface area contributed by atoms with Crippen LogP contribution in [0.3, 0.4) is 0 Å². The molecular formula is C16H14F3NO4. The Labute approximate surface area is 135 Å². The van der Waals surface area contributed by atoms with Gasteiger partial charge < -0.3 is 19.5 Å². The average Bonchev–Trinajstić information content (AvgIpc) is 2.53. The van der Waals surface area contributed by atoms with Crippen molar-refractivity contribution < 1.29 is 32.2 Å². The van der Waals surface area contributed by atoms with E-state index in [0.29, 0.717) is 17.2 Å². The van der Waals surface area contributed by atoms with Crippen LogP contribution >= 0.6 is 0 Å². The second kappa shape index (κ2) is 7.12. The predicted octanol–water partition coefficient (Wildman–Crippen LogP) is 3.85. The molecule has 2 rings (SSSR count). The highest BCUT2D eigenvalue weighted by molar-refractivity contribution is 6.05. The minimum absolute atomic E-state index is 0.161. The highest BCUT2D eigenvalue weighted by Crippen LogP contribution is 2.29. The third-order valence-corrected chi connectivity index (χ3v) is 3.00. The van der Waals surface area contributed by atoms with Crippen molar-refractivity contribution in [3.63, 3.8) is 0 Å². The second-order valence-electron chi connectivity index (χ2n) is 4.59. The van der Waals surface area contributed by atoms with E-state index in [2.05, 4.69) is 10.1 Å². The van der Waals surface area contributed by atoms with Gasteiger partial charge in [-0.05, 0) is 36.4 Å². The summed E-state index contributed by atoms with van der Waals surface area (Å²) in [5.74, 6) is 0.0133. The van der Waals surface area contributed by atoms with Gasteiger partial charge in [0.05, 0.1) is 19.9 Å². The smallest absolute Gasteiger partial charge is 0.497 e. The number of hydrogen-bond acceptors (Lipinski definition) is 4. The standard InChI is InChI=1S/C16H14F3NO4/c1-22-12-7-8-14(23-2)13(9-12)20-15(21)10-3-5-11(6-4-10)24-16(17,18)19/h3-9H,1-2H3,(H,20,21). The number of amides is 1. The van der Waals surface area contributed by atoms with Crippen LogP contribution in [0.5, 0.6) is 17.2 Å². The lowest BCUT2D eigenvalue weighted by atomic mass is 10.2. The summed E-state index contributed by atoms with van der Waals surface area (Å²) in [6, 6.07) is 9.42. The van der Waals surface area contributed by atoms with Gasteiger partial charge >= 0.3 is 6.36 Å². The zero-order valence-corrected chi connectivity index (χ0v) is 12.8. The van der Waals surface area contributed by atoms with Gasteiger partial charge in [0.1, 0.15) is 17.2 Å². The molecule has 8 heteroatoms. The molecule has 2 aromatic rings. The Hall–Kier alpha value is -2.90. The lowest BCUT2D eigenvalue weighted by molar-refractivity contribution is -0.274. The van der Waals surface area contributed by atoms with Crippen LogP contribution in [0.2, 0.25) is 0 Å². The molecule has 0 aliphatic heterocycles. The number of nitrogens with one attached hydrogen (secondary N) is 1. The van der Waals surface area contributed by atoms with Gasteiger partial charge in [-0.25, -0.2) is 0 Å². The van der Waals surface area contributed by atoms with Crippen molar-refractivity contribution in [3.8, 4) is 17.2 Å². The minimum atomic E-state index is -4.78. The molecule has 0 saturated heterocycles. The summed E-state index contributed by atoms with van der Waals surface area (Å²) >= 11 is 0. The Bertz CT molecular complexity index is 714. The first-order valence-electron chi connectivity index (χ1n) is 6.71. The van der Waals surface area contributed by atoms with Crippen LogP contribution in [0.1, 0.15) is 10.4 Å². The van der Waals surface area contributed by atoms with Gasteiger partial charge in [0, 0.05) is 11.6 Å². The van der Waals surface area contributed by atoms with E-state index in [-0.39, 0.29) is 5.56 Å². The quantitative estimate of drug-likeness (QED) is 0.897. The van der Waals surface area contributed by atoms with Gasteiger partial charge in [0.2, 0.25) is 0 Å². The normalized spacial score (nSPS) is 10.9. The maximum absolute atomic E-state index is 12.2. The molecule has 1 amide bonds. The summed E-state index contributed by atoms with van der Waals surface area (Å²) in [5, 5.41) is 2.61. The molecule has 0 aliphatic rings. The first-order valence-corrected chi connectivity index (χ1v) is 6.71. The van der Waals surface area contributed by atoms with Gasteiger partial charge in [-0.2, -0.15) is 0 Å². The molecule has 128 valence electrons. The molecule has 0 heterocycles. The number of rotatable bonds is 5. The van der Waals surface area contributed by atoms with E-state index in [1.807, 2.05) is 0 Å². The molecule has 0 saturated carbocycles. The van der Waals surface area contributed by atoms with E-state index < -0.39 is 18.0 Å². The number of benzene rings is 2. The fourth-order valence-electron chi connectivity index (χ4n) is 1.91. The van der Waals surface area contributed by atoms with Gasteiger partial charge in [0.25, 0.3) is 5.91 Å². The molecule has 0 spiro atoms. The Kier molecular flexibility index (Phi) is 5.18. The molecular weight excluding hydrogens is 327 g/mol. The third-order valence-electron chi connectivity index (χ3n) is 3.00. The zero-order valence-electron chi connectivity index (χ0n) is 12.8. The number of carbonyl (C=O) groups is 1. The van der Waals surface area contributed by atoms with Gasteiger partial charge in [-0.1, -0.05) is 0 Å². The molecule has 0 radical (unpaired) electrons. The Morgan fingerprint density at radius 3 is 2.12 bits per heavy atom. The monoisotopic (exact) mass is 341 g/mol. The molecule has 0 fully saturated rings. The van der Waals surface area contributed by atoms with E-state index in [4.69, 9.17) is 9.47 Å². The molecule has 2 aromatic carbocycles. The van der Waals surface area contributed by atoms with E-state index in [1.165, 1.54) is 26.4 Å². The van der Waals surface area contributed by atoms with Crippen molar-refractivity contribution in [2.45, 2.75) is 6.36 Å². The number of alkyl halides is 3. The number of halogens is 3. The molecule has 0 aliphatic carbocycles. The predicted molar refractivity (Wildman–Crippen MR) is 80.6 cm³/mol. The SMILES string of the molecule is COc1ccc(OC)c(NC(=O)c2ccc(OC(F)(F)F)cc2)c1. The fourth-order valence-corrected chi connectivity index (χ4v) is 1.91. The van der Waals surface area contributed by atoms with Crippen molar-refractivity contribution in [1.29, 1.82) is 0 Å². The number of hydrogen-bond donors (Lipinski definition) is 1. The topological polar surface area (TPSA) is 56.8 Å². The van der Waals surface area contributed by atoms with Crippen LogP contribution in [0.15, 0.2) is 42.5 Å². The summed E-state index contributed by atoms with van der Waals surface area (Å²) < 4.78 is 50.3. The largest absolute Gasteiger partial charge is 0.573 e. The van der Waals surface area contributed by atoms with E-state index in [9.17, 15) is 18.0 Å². The molecule has 0 atom stereocenters. The summed E-state index contributed by atoms with van der Waals surface area (Å²) in [6.45, 7) is 0. The third kappa shape index (κ3) is 4.55. The van der Waals surface area contributed by atoms with Crippen molar-refractivity contribution >= 4 is 11.6 Å². The average molecular weight is 341 g/mol. The van der Waals surface area contributed by atoms with Crippen LogP contribution in [0.25, 0.3) is 0 Å². The van der Waals surface area contributed by atoms with Crippen molar-refractivity contribution in [3.05, 3.63) is 48.0 Å². The molecule has 1 N–H and O–H groups in total. The molecule has 0 bridgehead atoms. The lowest BCUT2D eigenvalue weighted by Crippen LogP contribution is -2.17.